The number of hydrogen-bond donors (Lipinski definition) is 2. The molecule has 0 bridgehead atoms. The molecule has 0 fully saturated rings. The van der Waals surface area contributed by atoms with Gasteiger partial charge in [0.1, 0.15) is 5.75 Å². The van der Waals surface area contributed by atoms with Gasteiger partial charge in [0.15, 0.2) is 11.5 Å². The van der Waals surface area contributed by atoms with Crippen LogP contribution in [0.3, 0.4) is 0 Å². The highest BCUT2D eigenvalue weighted by Gasteiger charge is 2.14. The van der Waals surface area contributed by atoms with Crippen molar-refractivity contribution in [3.63, 3.8) is 0 Å². The van der Waals surface area contributed by atoms with Gasteiger partial charge in [0.2, 0.25) is 0 Å². The Labute approximate surface area is 237 Å². The van der Waals surface area contributed by atoms with Gasteiger partial charge in [0, 0.05) is 22.4 Å². The van der Waals surface area contributed by atoms with Gasteiger partial charge in [0.25, 0.3) is 11.8 Å². The summed E-state index contributed by atoms with van der Waals surface area (Å²) in [5.74, 6) is -0.0342. The highest BCUT2D eigenvalue weighted by molar-refractivity contribution is 6.05. The van der Waals surface area contributed by atoms with Crippen LogP contribution in [-0.2, 0) is 0 Å². The zero-order valence-corrected chi connectivity index (χ0v) is 22.6. The molecule has 0 aliphatic carbocycles. The van der Waals surface area contributed by atoms with Crippen LogP contribution >= 0.6 is 0 Å². The predicted molar refractivity (Wildman–Crippen MR) is 156 cm³/mol. The topological polar surface area (TPSA) is 115 Å². The van der Waals surface area contributed by atoms with Gasteiger partial charge in [-0.2, -0.15) is 5.10 Å². The number of nitrogens with zero attached hydrogens (tertiary/aromatic N) is 1. The number of carbonyl (C=O) groups is 3. The zero-order chi connectivity index (χ0) is 29.0. The maximum Gasteiger partial charge on any atom is 0.343 e. The Morgan fingerprint density at radius 1 is 0.683 bits per heavy atom. The SMILES string of the molecule is CCOc1ccc(C(=O)Nc2cccc(C(=O)NN=Cc3ccccc3OC(=O)c3ccccc3)c2)cc1OCC. The number of nitrogens with one attached hydrogen (secondary N) is 2. The first kappa shape index (κ1) is 28.6. The van der Waals surface area contributed by atoms with Gasteiger partial charge in [-0.3, -0.25) is 9.59 Å². The Bertz CT molecular complexity index is 1550. The number of amides is 2. The molecule has 0 atom stereocenters. The van der Waals surface area contributed by atoms with Crippen LogP contribution in [0, 0.1) is 0 Å². The van der Waals surface area contributed by atoms with Crippen LogP contribution < -0.4 is 25.0 Å². The van der Waals surface area contributed by atoms with Crippen LogP contribution in [0.1, 0.15) is 50.5 Å². The molecule has 4 aromatic carbocycles. The smallest absolute Gasteiger partial charge is 0.343 e. The molecule has 208 valence electrons. The quantitative estimate of drug-likeness (QED) is 0.107. The first-order chi connectivity index (χ1) is 20.0. The summed E-state index contributed by atoms with van der Waals surface area (Å²) in [5.41, 5.74) is 4.46. The van der Waals surface area contributed by atoms with Gasteiger partial charge in [-0.25, -0.2) is 10.2 Å². The largest absolute Gasteiger partial charge is 0.490 e. The fourth-order valence-corrected chi connectivity index (χ4v) is 3.77. The summed E-state index contributed by atoms with van der Waals surface area (Å²) in [5, 5.41) is 6.81. The van der Waals surface area contributed by atoms with Crippen molar-refractivity contribution in [2.45, 2.75) is 13.8 Å². The highest BCUT2D eigenvalue weighted by atomic mass is 16.5. The van der Waals surface area contributed by atoms with Crippen molar-refractivity contribution in [2.24, 2.45) is 5.10 Å². The van der Waals surface area contributed by atoms with E-state index in [-0.39, 0.29) is 11.5 Å². The van der Waals surface area contributed by atoms with Crippen molar-refractivity contribution < 1.29 is 28.6 Å². The Hall–Kier alpha value is -5.44. The number of esters is 1. The van der Waals surface area contributed by atoms with E-state index < -0.39 is 11.9 Å². The van der Waals surface area contributed by atoms with E-state index in [0.717, 1.165) is 0 Å². The number of anilines is 1. The highest BCUT2D eigenvalue weighted by Crippen LogP contribution is 2.29. The summed E-state index contributed by atoms with van der Waals surface area (Å²) < 4.78 is 16.7. The van der Waals surface area contributed by atoms with E-state index in [1.807, 2.05) is 19.9 Å². The third kappa shape index (κ3) is 7.79. The van der Waals surface area contributed by atoms with Crippen LogP contribution in [0.5, 0.6) is 17.2 Å². The normalized spacial score (nSPS) is 10.6. The molecular weight excluding hydrogens is 522 g/mol. The summed E-state index contributed by atoms with van der Waals surface area (Å²) in [6.45, 7) is 4.62. The zero-order valence-electron chi connectivity index (χ0n) is 22.6. The monoisotopic (exact) mass is 551 g/mol. The molecule has 0 aliphatic rings. The molecule has 4 aromatic rings. The van der Waals surface area contributed by atoms with Crippen molar-refractivity contribution in [1.29, 1.82) is 0 Å². The van der Waals surface area contributed by atoms with E-state index in [2.05, 4.69) is 15.8 Å². The van der Waals surface area contributed by atoms with Gasteiger partial charge in [0.05, 0.1) is 25.0 Å². The van der Waals surface area contributed by atoms with Gasteiger partial charge >= 0.3 is 5.97 Å². The summed E-state index contributed by atoms with van der Waals surface area (Å²) >= 11 is 0. The molecule has 0 unspecified atom stereocenters. The van der Waals surface area contributed by atoms with E-state index in [1.54, 1.807) is 84.9 Å². The minimum atomic E-state index is -0.506. The summed E-state index contributed by atoms with van der Waals surface area (Å²) in [6.07, 6.45) is 1.39. The lowest BCUT2D eigenvalue weighted by molar-refractivity contribution is 0.0734. The van der Waals surface area contributed by atoms with Crippen molar-refractivity contribution in [3.05, 3.63) is 119 Å². The Morgan fingerprint density at radius 3 is 2.15 bits per heavy atom. The molecule has 0 radical (unpaired) electrons. The molecule has 2 N–H and O–H groups in total. The lowest BCUT2D eigenvalue weighted by atomic mass is 10.1. The van der Waals surface area contributed by atoms with Crippen molar-refractivity contribution >= 4 is 29.7 Å². The Morgan fingerprint density at radius 2 is 1.37 bits per heavy atom. The molecule has 0 aromatic heterocycles. The second-order valence-corrected chi connectivity index (χ2v) is 8.55. The predicted octanol–water partition coefficient (Wildman–Crippen LogP) is 5.72. The molecule has 41 heavy (non-hydrogen) atoms. The average molecular weight is 552 g/mol. The average Bonchev–Trinajstić information content (AvgIpc) is 2.99. The third-order valence-corrected chi connectivity index (χ3v) is 5.69. The Kier molecular flexibility index (Phi) is 9.82. The second kappa shape index (κ2) is 14.1. The van der Waals surface area contributed by atoms with E-state index in [9.17, 15) is 14.4 Å². The van der Waals surface area contributed by atoms with Crippen LogP contribution in [0.15, 0.2) is 102 Å². The first-order valence-corrected chi connectivity index (χ1v) is 13.0. The van der Waals surface area contributed by atoms with Crippen LogP contribution in [-0.4, -0.2) is 37.2 Å². The maximum absolute atomic E-state index is 12.9. The molecular formula is C32H29N3O6. The maximum atomic E-state index is 12.9. The van der Waals surface area contributed by atoms with Crippen molar-refractivity contribution in [2.75, 3.05) is 18.5 Å². The third-order valence-electron chi connectivity index (χ3n) is 5.69. The molecule has 0 saturated heterocycles. The lowest BCUT2D eigenvalue weighted by Gasteiger charge is -2.12. The number of carbonyl (C=O) groups excluding carboxylic acids is 3. The summed E-state index contributed by atoms with van der Waals surface area (Å²) in [7, 11) is 0. The minimum Gasteiger partial charge on any atom is -0.490 e. The minimum absolute atomic E-state index is 0.283. The Balaban J connectivity index is 1.40. The molecule has 0 aliphatic heterocycles. The van der Waals surface area contributed by atoms with Gasteiger partial charge in [-0.05, 0) is 74.5 Å². The van der Waals surface area contributed by atoms with Gasteiger partial charge in [-0.1, -0.05) is 36.4 Å². The second-order valence-electron chi connectivity index (χ2n) is 8.55. The molecule has 0 heterocycles. The molecule has 2 amide bonds. The van der Waals surface area contributed by atoms with Crippen LogP contribution in [0.25, 0.3) is 0 Å². The van der Waals surface area contributed by atoms with E-state index in [0.29, 0.717) is 52.8 Å². The number of rotatable bonds is 11. The van der Waals surface area contributed by atoms with Gasteiger partial charge in [-0.15, -0.1) is 0 Å². The fourth-order valence-electron chi connectivity index (χ4n) is 3.77. The molecule has 0 saturated carbocycles. The van der Waals surface area contributed by atoms with E-state index in [1.165, 1.54) is 12.3 Å². The number of benzene rings is 4. The molecule has 0 spiro atoms. The van der Waals surface area contributed by atoms with Crippen molar-refractivity contribution in [3.8, 4) is 17.2 Å². The van der Waals surface area contributed by atoms with E-state index in [4.69, 9.17) is 14.2 Å². The fraction of sp³-hybridized carbons (Fsp3) is 0.125. The van der Waals surface area contributed by atoms with Crippen LogP contribution in [0.4, 0.5) is 5.69 Å². The van der Waals surface area contributed by atoms with Gasteiger partial charge < -0.3 is 19.5 Å². The first-order valence-electron chi connectivity index (χ1n) is 13.0. The van der Waals surface area contributed by atoms with E-state index >= 15 is 0 Å². The molecule has 4 rings (SSSR count). The van der Waals surface area contributed by atoms with Crippen molar-refractivity contribution in [1.82, 2.24) is 5.43 Å². The van der Waals surface area contributed by atoms with Crippen LogP contribution in [0.2, 0.25) is 0 Å². The number of hydrogen-bond acceptors (Lipinski definition) is 7. The lowest BCUT2D eigenvalue weighted by Crippen LogP contribution is -2.18. The molecule has 9 heteroatoms. The number of para-hydroxylation sites is 1. The number of hydrazone groups is 1. The number of ether oxygens (including phenoxy) is 3. The molecule has 9 nitrogen and oxygen atoms in total. The standard InChI is InChI=1S/C32H29N3O6/c1-3-39-28-18-17-24(20-29(28)40-4-2)30(36)34-26-15-10-14-23(19-26)31(37)35-33-21-25-13-8-9-16-27(25)41-32(38)22-11-6-5-7-12-22/h5-21H,3-4H2,1-2H3,(H,34,36)(H,35,37). The summed E-state index contributed by atoms with van der Waals surface area (Å²) in [6, 6.07) is 26.9. The summed E-state index contributed by atoms with van der Waals surface area (Å²) in [4.78, 5) is 38.1.